The Kier molecular flexibility index (Phi) is 5.87. The molecule has 0 aliphatic rings. The summed E-state index contributed by atoms with van der Waals surface area (Å²) in [5.41, 5.74) is 3.97. The predicted molar refractivity (Wildman–Crippen MR) is 91.4 cm³/mol. The van der Waals surface area contributed by atoms with Crippen LogP contribution in [-0.4, -0.2) is 19.7 Å². The number of benzene rings is 2. The minimum Gasteiger partial charge on any atom is -0.369 e. The fourth-order valence-electron chi connectivity index (χ4n) is 2.25. The fraction of sp³-hybridized carbons (Fsp3) is 0.235. The zero-order valence-electron chi connectivity index (χ0n) is 14.1. The van der Waals surface area contributed by atoms with Crippen molar-refractivity contribution in [3.05, 3.63) is 59.7 Å². The molecule has 0 fully saturated rings. The van der Waals surface area contributed by atoms with Crippen molar-refractivity contribution in [3.63, 3.8) is 0 Å². The Morgan fingerprint density at radius 3 is 2.30 bits per heavy atom. The first kappa shape index (κ1) is 20.4. The van der Waals surface area contributed by atoms with E-state index in [4.69, 9.17) is 5.73 Å². The van der Waals surface area contributed by atoms with Crippen LogP contribution in [0.3, 0.4) is 0 Å². The van der Waals surface area contributed by atoms with E-state index in [1.54, 1.807) is 0 Å². The highest BCUT2D eigenvalue weighted by molar-refractivity contribution is 5.95. The summed E-state index contributed by atoms with van der Waals surface area (Å²) in [6.07, 6.45) is -9.05. The largest absolute Gasteiger partial charge is 0.418 e. The third-order valence-electron chi connectivity index (χ3n) is 3.63. The predicted octanol–water partition coefficient (Wildman–Crippen LogP) is 4.54. The summed E-state index contributed by atoms with van der Waals surface area (Å²) in [6.45, 7) is -0.217. The minimum atomic E-state index is -4.57. The van der Waals surface area contributed by atoms with Crippen molar-refractivity contribution < 1.29 is 26.3 Å². The van der Waals surface area contributed by atoms with Gasteiger partial charge in [-0.15, -0.1) is 0 Å². The monoisotopic (exact) mass is 390 g/mol. The number of rotatable bonds is 4. The summed E-state index contributed by atoms with van der Waals surface area (Å²) >= 11 is 0. The van der Waals surface area contributed by atoms with Crippen LogP contribution >= 0.6 is 0 Å². The van der Waals surface area contributed by atoms with Gasteiger partial charge in [0.2, 0.25) is 0 Å². The van der Waals surface area contributed by atoms with Gasteiger partial charge in [-0.25, -0.2) is 4.99 Å². The van der Waals surface area contributed by atoms with Gasteiger partial charge in [0, 0.05) is 12.7 Å². The first-order valence-electron chi connectivity index (χ1n) is 7.61. The number of halogens is 6. The topological polar surface area (TPSA) is 53.6 Å². The lowest BCUT2D eigenvalue weighted by atomic mass is 10.1. The highest BCUT2D eigenvalue weighted by Gasteiger charge is 2.34. The second kappa shape index (κ2) is 7.77. The molecule has 27 heavy (non-hydrogen) atoms. The van der Waals surface area contributed by atoms with Crippen molar-refractivity contribution in [2.75, 3.05) is 23.9 Å². The molecule has 2 aromatic rings. The zero-order valence-corrected chi connectivity index (χ0v) is 14.1. The van der Waals surface area contributed by atoms with Gasteiger partial charge in [0.25, 0.3) is 0 Å². The van der Waals surface area contributed by atoms with Crippen LogP contribution in [0.15, 0.2) is 53.5 Å². The zero-order chi connectivity index (χ0) is 20.2. The van der Waals surface area contributed by atoms with Crippen LogP contribution in [0, 0.1) is 0 Å². The number of nitrogens with two attached hydrogens (primary N) is 1. The Morgan fingerprint density at radius 1 is 1.00 bits per heavy atom. The molecule has 146 valence electrons. The van der Waals surface area contributed by atoms with Crippen LogP contribution in [0.5, 0.6) is 0 Å². The lowest BCUT2D eigenvalue weighted by Gasteiger charge is -2.22. The molecule has 0 bridgehead atoms. The molecule has 0 heterocycles. The van der Waals surface area contributed by atoms with Gasteiger partial charge in [-0.2, -0.15) is 26.3 Å². The second-order valence-corrected chi connectivity index (χ2v) is 5.50. The second-order valence-electron chi connectivity index (χ2n) is 5.50. The molecule has 2 aromatic carbocycles. The Balaban J connectivity index is 2.11. The summed E-state index contributed by atoms with van der Waals surface area (Å²) in [6, 6.07) is 9.29. The van der Waals surface area contributed by atoms with Crippen LogP contribution in [0.2, 0.25) is 0 Å². The highest BCUT2D eigenvalue weighted by Crippen LogP contribution is 2.36. The third-order valence-corrected chi connectivity index (χ3v) is 3.63. The molecular weight excluding hydrogens is 374 g/mol. The molecule has 3 N–H and O–H groups in total. The molecule has 0 radical (unpaired) electrons. The van der Waals surface area contributed by atoms with E-state index in [0.29, 0.717) is 0 Å². The number of aliphatic imine (C=N–C) groups is 1. The Morgan fingerprint density at radius 2 is 1.67 bits per heavy atom. The molecule has 0 unspecified atom stereocenters. The van der Waals surface area contributed by atoms with E-state index in [2.05, 4.69) is 10.3 Å². The van der Waals surface area contributed by atoms with Crippen LogP contribution < -0.4 is 16.0 Å². The van der Waals surface area contributed by atoms with E-state index in [0.717, 1.165) is 23.1 Å². The Labute approximate surface area is 151 Å². The van der Waals surface area contributed by atoms with Gasteiger partial charge in [-0.3, -0.25) is 0 Å². The van der Waals surface area contributed by atoms with Gasteiger partial charge in [-0.1, -0.05) is 18.2 Å². The lowest BCUT2D eigenvalue weighted by Crippen LogP contribution is -2.35. The summed E-state index contributed by atoms with van der Waals surface area (Å²) in [7, 11) is 1.31. The van der Waals surface area contributed by atoms with Gasteiger partial charge in [0.1, 0.15) is 6.67 Å². The number of guanidine groups is 1. The van der Waals surface area contributed by atoms with Gasteiger partial charge < -0.3 is 16.0 Å². The third kappa shape index (κ3) is 5.28. The van der Waals surface area contributed by atoms with E-state index in [-0.39, 0.29) is 24.0 Å². The van der Waals surface area contributed by atoms with Crippen LogP contribution in [0.1, 0.15) is 11.1 Å². The summed E-state index contributed by atoms with van der Waals surface area (Å²) in [4.78, 5) is 4.92. The highest BCUT2D eigenvalue weighted by atomic mass is 19.4. The molecule has 0 aromatic heterocycles. The van der Waals surface area contributed by atoms with Crippen LogP contribution in [0.25, 0.3) is 0 Å². The SMILES string of the molecule is CN(C(N)=NCNc1cccc(C(F)(F)F)c1)c1ccccc1C(F)(F)F. The first-order valence-corrected chi connectivity index (χ1v) is 7.61. The van der Waals surface area contributed by atoms with E-state index in [1.165, 1.54) is 37.4 Å². The normalized spacial score (nSPS) is 12.8. The minimum absolute atomic E-state index is 0.153. The molecule has 0 saturated carbocycles. The van der Waals surface area contributed by atoms with Crippen molar-refractivity contribution in [2.24, 2.45) is 10.7 Å². The molecular formula is C17H16F6N4. The number of alkyl halides is 6. The summed E-state index contributed by atoms with van der Waals surface area (Å²) in [5, 5.41) is 2.62. The maximum absolute atomic E-state index is 13.1. The van der Waals surface area contributed by atoms with Crippen LogP contribution in [-0.2, 0) is 12.4 Å². The van der Waals surface area contributed by atoms with Gasteiger partial charge in [0.05, 0.1) is 16.8 Å². The number of nitrogens with zero attached hydrogens (tertiary/aromatic N) is 2. The Hall–Kier alpha value is -2.91. The molecule has 0 aliphatic carbocycles. The van der Waals surface area contributed by atoms with Crippen molar-refractivity contribution in [3.8, 4) is 0 Å². The summed E-state index contributed by atoms with van der Waals surface area (Å²) in [5.74, 6) is -0.230. The number of hydrogen-bond donors (Lipinski definition) is 2. The van der Waals surface area contributed by atoms with Crippen LogP contribution in [0.4, 0.5) is 37.7 Å². The number of nitrogens with one attached hydrogen (secondary N) is 1. The smallest absolute Gasteiger partial charge is 0.369 e. The van der Waals surface area contributed by atoms with Crippen molar-refractivity contribution >= 4 is 17.3 Å². The van der Waals surface area contributed by atoms with Crippen molar-refractivity contribution in [1.82, 2.24) is 0 Å². The lowest BCUT2D eigenvalue weighted by molar-refractivity contribution is -0.138. The first-order chi connectivity index (χ1) is 12.5. The maximum atomic E-state index is 13.1. The molecule has 0 saturated heterocycles. The summed E-state index contributed by atoms with van der Waals surface area (Å²) < 4.78 is 77.2. The number of hydrogen-bond acceptors (Lipinski definition) is 2. The van der Waals surface area contributed by atoms with E-state index >= 15 is 0 Å². The van der Waals surface area contributed by atoms with Gasteiger partial charge in [-0.05, 0) is 30.3 Å². The molecule has 4 nitrogen and oxygen atoms in total. The molecule has 0 spiro atoms. The Bertz CT molecular complexity index is 814. The van der Waals surface area contributed by atoms with Gasteiger partial charge >= 0.3 is 12.4 Å². The molecule has 0 amide bonds. The maximum Gasteiger partial charge on any atom is 0.418 e. The van der Waals surface area contributed by atoms with Crippen molar-refractivity contribution in [2.45, 2.75) is 12.4 Å². The van der Waals surface area contributed by atoms with Crippen molar-refractivity contribution in [1.29, 1.82) is 0 Å². The molecule has 2 rings (SSSR count). The fourth-order valence-corrected chi connectivity index (χ4v) is 2.25. The molecule has 0 atom stereocenters. The standard InChI is InChI=1S/C17H16F6N4/c1-27(14-8-3-2-7-13(14)17(21,22)23)15(24)26-10-25-12-6-4-5-11(9-12)16(18,19)20/h2-9,25H,10H2,1H3,(H2,24,26). The molecule has 0 aliphatic heterocycles. The average Bonchev–Trinajstić information content (AvgIpc) is 2.60. The average molecular weight is 390 g/mol. The van der Waals surface area contributed by atoms with E-state index in [1.807, 2.05) is 0 Å². The molecule has 10 heteroatoms. The van der Waals surface area contributed by atoms with E-state index in [9.17, 15) is 26.3 Å². The number of para-hydroxylation sites is 1. The quantitative estimate of drug-likeness (QED) is 0.458. The van der Waals surface area contributed by atoms with E-state index < -0.39 is 23.5 Å². The van der Waals surface area contributed by atoms with Gasteiger partial charge in [0.15, 0.2) is 5.96 Å². The number of anilines is 2.